The van der Waals surface area contributed by atoms with Gasteiger partial charge in [-0.25, -0.2) is 0 Å². The zero-order chi connectivity index (χ0) is 28.2. The number of hydrogen-bond donors (Lipinski definition) is 3. The Balaban J connectivity index is 1.63. The van der Waals surface area contributed by atoms with Gasteiger partial charge in [0.25, 0.3) is 0 Å². The topological polar surface area (TPSA) is 160 Å². The van der Waals surface area contributed by atoms with Crippen LogP contribution in [0.1, 0.15) is 39.4 Å². The molecular formula is C24H28F3N7O4. The maximum absolute atomic E-state index is 13.6. The second kappa shape index (κ2) is 9.48. The number of pyridine rings is 1. The standard InChI is InChI=1S/C24H28F3N7O4/c1-10(2)15(32-22(38)24(25,26)27)21(37)34-9-13-14(23(13,3)4)18(34)20(36)31-17(19(28)35)16-12-5-6-29-7-11(12)8-30-33-16/h5-8,10,13-15,17-18H,9H2,1-4H3,(H2,28,35)(H,31,36)(H,32,38). The molecule has 1 saturated heterocycles. The number of carbonyl (C=O) groups is 4. The molecule has 2 fully saturated rings. The van der Waals surface area contributed by atoms with Crippen molar-refractivity contribution in [3.05, 3.63) is 30.4 Å². The molecule has 4 amide bonds. The van der Waals surface area contributed by atoms with Gasteiger partial charge in [0.2, 0.25) is 17.7 Å². The molecule has 0 bridgehead atoms. The second-order valence-electron chi connectivity index (χ2n) is 10.6. The SMILES string of the molecule is CC(C)C(NC(=O)C(F)(F)F)C(=O)N1CC2C(C1C(=O)NC(C(N)=O)c1nncc3cnccc13)C2(C)C. The Bertz CT molecular complexity index is 1290. The summed E-state index contributed by atoms with van der Waals surface area (Å²) in [6.07, 6.45) is -0.766. The highest BCUT2D eigenvalue weighted by atomic mass is 19.4. The van der Waals surface area contributed by atoms with Crippen LogP contribution in [0.25, 0.3) is 10.8 Å². The minimum absolute atomic E-state index is 0.0886. The van der Waals surface area contributed by atoms with E-state index >= 15 is 0 Å². The van der Waals surface area contributed by atoms with Crippen molar-refractivity contribution in [2.75, 3.05) is 6.54 Å². The van der Waals surface area contributed by atoms with Gasteiger partial charge in [0.1, 0.15) is 17.8 Å². The van der Waals surface area contributed by atoms with Gasteiger partial charge in [-0.1, -0.05) is 27.7 Å². The molecule has 2 aromatic rings. The zero-order valence-electron chi connectivity index (χ0n) is 21.1. The molecule has 1 aliphatic carbocycles. The van der Waals surface area contributed by atoms with Gasteiger partial charge in [-0.15, -0.1) is 0 Å². The van der Waals surface area contributed by atoms with Crippen molar-refractivity contribution < 1.29 is 32.3 Å². The van der Waals surface area contributed by atoms with E-state index < -0.39 is 53.8 Å². The smallest absolute Gasteiger partial charge is 0.368 e. The molecule has 1 aliphatic heterocycles. The Morgan fingerprint density at radius 2 is 1.84 bits per heavy atom. The minimum Gasteiger partial charge on any atom is -0.368 e. The van der Waals surface area contributed by atoms with Crippen LogP contribution >= 0.6 is 0 Å². The van der Waals surface area contributed by atoms with Crippen LogP contribution in [0, 0.1) is 23.2 Å². The predicted molar refractivity (Wildman–Crippen MR) is 126 cm³/mol. The van der Waals surface area contributed by atoms with Crippen molar-refractivity contribution in [3.63, 3.8) is 0 Å². The third kappa shape index (κ3) is 4.74. The average molecular weight is 536 g/mol. The molecule has 38 heavy (non-hydrogen) atoms. The molecule has 0 aromatic carbocycles. The lowest BCUT2D eigenvalue weighted by atomic mass is 9.97. The minimum atomic E-state index is -5.18. The van der Waals surface area contributed by atoms with E-state index in [4.69, 9.17) is 5.73 Å². The molecule has 11 nitrogen and oxygen atoms in total. The van der Waals surface area contributed by atoms with E-state index in [0.29, 0.717) is 10.8 Å². The molecule has 5 unspecified atom stereocenters. The van der Waals surface area contributed by atoms with E-state index in [1.807, 2.05) is 13.8 Å². The third-order valence-electron chi connectivity index (χ3n) is 7.57. The molecule has 2 aromatic heterocycles. The summed E-state index contributed by atoms with van der Waals surface area (Å²) in [5, 5.41) is 13.2. The third-order valence-corrected chi connectivity index (χ3v) is 7.57. The van der Waals surface area contributed by atoms with Gasteiger partial charge in [0, 0.05) is 29.7 Å². The fourth-order valence-corrected chi connectivity index (χ4v) is 5.39. The average Bonchev–Trinajstić information content (AvgIpc) is 3.16. The number of fused-ring (bicyclic) bond motifs is 2. The maximum Gasteiger partial charge on any atom is 0.471 e. The first-order valence-electron chi connectivity index (χ1n) is 12.0. The van der Waals surface area contributed by atoms with Gasteiger partial charge in [-0.3, -0.25) is 24.2 Å². The summed E-state index contributed by atoms with van der Waals surface area (Å²) >= 11 is 0. The van der Waals surface area contributed by atoms with Gasteiger partial charge >= 0.3 is 12.1 Å². The number of alkyl halides is 3. The summed E-state index contributed by atoms with van der Waals surface area (Å²) in [5.41, 5.74) is 5.38. The highest BCUT2D eigenvalue weighted by molar-refractivity contribution is 5.97. The van der Waals surface area contributed by atoms with Crippen molar-refractivity contribution in [1.82, 2.24) is 30.7 Å². The molecule has 0 radical (unpaired) electrons. The zero-order valence-corrected chi connectivity index (χ0v) is 21.1. The largest absolute Gasteiger partial charge is 0.471 e. The van der Waals surface area contributed by atoms with Crippen molar-refractivity contribution in [1.29, 1.82) is 0 Å². The first kappa shape index (κ1) is 27.2. The van der Waals surface area contributed by atoms with Gasteiger partial charge < -0.3 is 21.3 Å². The fraction of sp³-hybridized carbons (Fsp3) is 0.542. The first-order valence-corrected chi connectivity index (χ1v) is 12.0. The van der Waals surface area contributed by atoms with Crippen molar-refractivity contribution >= 4 is 34.4 Å². The van der Waals surface area contributed by atoms with E-state index in [2.05, 4.69) is 20.5 Å². The quantitative estimate of drug-likeness (QED) is 0.474. The molecule has 4 rings (SSSR count). The number of likely N-dealkylation sites (tertiary alicyclic amines) is 1. The summed E-state index contributed by atoms with van der Waals surface area (Å²) < 4.78 is 38.8. The van der Waals surface area contributed by atoms with Crippen molar-refractivity contribution in [3.8, 4) is 0 Å². The second-order valence-corrected chi connectivity index (χ2v) is 10.6. The Hall–Kier alpha value is -3.84. The lowest BCUT2D eigenvalue weighted by Gasteiger charge is -2.34. The van der Waals surface area contributed by atoms with Crippen LogP contribution in [0.15, 0.2) is 24.7 Å². The van der Waals surface area contributed by atoms with E-state index in [-0.39, 0.29) is 29.5 Å². The Kier molecular flexibility index (Phi) is 6.78. The number of rotatable bonds is 7. The Morgan fingerprint density at radius 3 is 2.45 bits per heavy atom. The predicted octanol–water partition coefficient (Wildman–Crippen LogP) is 0.854. The number of halogens is 3. The molecule has 14 heteroatoms. The van der Waals surface area contributed by atoms with E-state index in [1.54, 1.807) is 11.4 Å². The lowest BCUT2D eigenvalue weighted by molar-refractivity contribution is -0.175. The Morgan fingerprint density at radius 1 is 1.16 bits per heavy atom. The lowest BCUT2D eigenvalue weighted by Crippen LogP contribution is -2.59. The number of piperidine rings is 1. The van der Waals surface area contributed by atoms with Crippen molar-refractivity contribution in [2.24, 2.45) is 28.9 Å². The van der Waals surface area contributed by atoms with Gasteiger partial charge in [0.05, 0.1) is 6.20 Å². The normalized spacial score (nSPS) is 23.5. The number of primary amides is 1. The van der Waals surface area contributed by atoms with Gasteiger partial charge in [-0.2, -0.15) is 23.4 Å². The summed E-state index contributed by atoms with van der Waals surface area (Å²) in [4.78, 5) is 56.3. The van der Waals surface area contributed by atoms with Gasteiger partial charge in [0.15, 0.2) is 6.04 Å². The van der Waals surface area contributed by atoms with E-state index in [1.165, 1.54) is 37.3 Å². The van der Waals surface area contributed by atoms with Crippen LogP contribution < -0.4 is 16.4 Å². The number of aromatic nitrogens is 3. The monoisotopic (exact) mass is 535 g/mol. The van der Waals surface area contributed by atoms with Crippen LogP contribution in [-0.4, -0.2) is 68.5 Å². The molecule has 5 atom stereocenters. The van der Waals surface area contributed by atoms with Crippen molar-refractivity contribution in [2.45, 2.75) is 52.0 Å². The highest BCUT2D eigenvalue weighted by Crippen LogP contribution is 2.65. The van der Waals surface area contributed by atoms with E-state index in [0.717, 1.165) is 0 Å². The molecule has 2 aliphatic rings. The van der Waals surface area contributed by atoms with Gasteiger partial charge in [-0.05, 0) is 29.2 Å². The summed E-state index contributed by atoms with van der Waals surface area (Å²) in [6.45, 7) is 6.94. The number of carbonyl (C=O) groups excluding carboxylic acids is 4. The molecular weight excluding hydrogens is 507 g/mol. The number of amides is 4. The fourth-order valence-electron chi connectivity index (χ4n) is 5.39. The van der Waals surface area contributed by atoms with Crippen LogP contribution in [0.4, 0.5) is 13.2 Å². The van der Waals surface area contributed by atoms with E-state index in [9.17, 15) is 32.3 Å². The van der Waals surface area contributed by atoms with Crippen LogP contribution in [-0.2, 0) is 19.2 Å². The summed E-state index contributed by atoms with van der Waals surface area (Å²) in [6, 6.07) is -2.42. The molecule has 0 spiro atoms. The Labute approximate surface area is 215 Å². The van der Waals surface area contributed by atoms with Crippen LogP contribution in [0.2, 0.25) is 0 Å². The molecule has 204 valence electrons. The number of nitrogens with one attached hydrogen (secondary N) is 2. The number of hydrogen-bond acceptors (Lipinski definition) is 7. The van der Waals surface area contributed by atoms with Crippen LogP contribution in [0.3, 0.4) is 0 Å². The number of nitrogens with two attached hydrogens (primary N) is 1. The molecule has 4 N–H and O–H groups in total. The summed E-state index contributed by atoms with van der Waals surface area (Å²) in [5.74, 6) is -5.78. The highest BCUT2D eigenvalue weighted by Gasteiger charge is 2.69. The molecule has 3 heterocycles. The summed E-state index contributed by atoms with van der Waals surface area (Å²) in [7, 11) is 0. The maximum atomic E-state index is 13.6. The van der Waals surface area contributed by atoms with Crippen LogP contribution in [0.5, 0.6) is 0 Å². The first-order chi connectivity index (χ1) is 17.7. The molecule has 1 saturated carbocycles. The number of nitrogens with zero attached hydrogens (tertiary/aromatic N) is 4.